The Kier molecular flexibility index (Phi) is 5.22. The highest BCUT2D eigenvalue weighted by molar-refractivity contribution is 5.14. The summed E-state index contributed by atoms with van der Waals surface area (Å²) in [5.41, 5.74) is 2.48. The van der Waals surface area contributed by atoms with Gasteiger partial charge in [0.15, 0.2) is 0 Å². The van der Waals surface area contributed by atoms with Gasteiger partial charge in [-0.15, -0.1) is 0 Å². The van der Waals surface area contributed by atoms with E-state index in [-0.39, 0.29) is 0 Å². The van der Waals surface area contributed by atoms with Gasteiger partial charge in [0, 0.05) is 38.4 Å². The van der Waals surface area contributed by atoms with E-state index >= 15 is 0 Å². The molecule has 3 rings (SSSR count). The Hall–Kier alpha value is -0.970. The van der Waals surface area contributed by atoms with Crippen molar-refractivity contribution in [1.29, 1.82) is 0 Å². The Morgan fingerprint density at radius 2 is 2.10 bits per heavy atom. The quantitative estimate of drug-likeness (QED) is 0.866. The van der Waals surface area contributed by atoms with Crippen LogP contribution in [0.25, 0.3) is 0 Å². The van der Waals surface area contributed by atoms with Crippen LogP contribution in [0.4, 0.5) is 0 Å². The van der Waals surface area contributed by atoms with Crippen LogP contribution in [-0.4, -0.2) is 53.5 Å². The van der Waals surface area contributed by atoms with Crippen LogP contribution in [0.2, 0.25) is 0 Å². The first kappa shape index (κ1) is 14.9. The maximum absolute atomic E-state index is 4.62. The highest BCUT2D eigenvalue weighted by Crippen LogP contribution is 2.21. The largest absolute Gasteiger partial charge is 0.313 e. The Labute approximate surface area is 128 Å². The Bertz CT molecular complexity index is 425. The minimum atomic E-state index is 0.792. The standard InChI is InChI=1S/C17H28N4/c1-2-18-11-15-5-6-16(19-12-15)13-20-10-7-17(14-20)21-8-3-4-9-21/h5-6,12,17-18H,2-4,7-11,13-14H2,1H3. The number of nitrogens with one attached hydrogen (secondary N) is 1. The maximum Gasteiger partial charge on any atom is 0.0544 e. The Morgan fingerprint density at radius 1 is 1.24 bits per heavy atom. The van der Waals surface area contributed by atoms with Gasteiger partial charge in [-0.25, -0.2) is 0 Å². The van der Waals surface area contributed by atoms with E-state index in [2.05, 4.69) is 39.2 Å². The molecule has 0 aromatic carbocycles. The number of rotatable bonds is 6. The van der Waals surface area contributed by atoms with Crippen LogP contribution in [0, 0.1) is 0 Å². The lowest BCUT2D eigenvalue weighted by molar-refractivity contribution is 0.229. The molecule has 1 atom stereocenters. The molecule has 0 bridgehead atoms. The Balaban J connectivity index is 1.48. The molecule has 116 valence electrons. The van der Waals surface area contributed by atoms with Gasteiger partial charge in [-0.3, -0.25) is 14.8 Å². The van der Waals surface area contributed by atoms with Crippen molar-refractivity contribution >= 4 is 0 Å². The average molecular weight is 288 g/mol. The van der Waals surface area contributed by atoms with Gasteiger partial charge in [0.2, 0.25) is 0 Å². The third-order valence-corrected chi connectivity index (χ3v) is 4.76. The van der Waals surface area contributed by atoms with Gasteiger partial charge in [0.25, 0.3) is 0 Å². The third kappa shape index (κ3) is 4.02. The van der Waals surface area contributed by atoms with Crippen molar-refractivity contribution in [3.63, 3.8) is 0 Å². The summed E-state index contributed by atoms with van der Waals surface area (Å²) in [7, 11) is 0. The van der Waals surface area contributed by atoms with Crippen molar-refractivity contribution in [2.45, 2.75) is 45.3 Å². The van der Waals surface area contributed by atoms with Crippen molar-refractivity contribution in [3.05, 3.63) is 29.6 Å². The predicted octanol–water partition coefficient (Wildman–Crippen LogP) is 1.86. The van der Waals surface area contributed by atoms with E-state index in [1.807, 2.05) is 6.20 Å². The second kappa shape index (κ2) is 7.34. The van der Waals surface area contributed by atoms with Crippen LogP contribution in [0.5, 0.6) is 0 Å². The highest BCUT2D eigenvalue weighted by atomic mass is 15.3. The van der Waals surface area contributed by atoms with Gasteiger partial charge in [-0.1, -0.05) is 13.0 Å². The van der Waals surface area contributed by atoms with E-state index in [0.717, 1.165) is 25.7 Å². The van der Waals surface area contributed by atoms with E-state index in [1.54, 1.807) is 0 Å². The fourth-order valence-electron chi connectivity index (χ4n) is 3.51. The fraction of sp³-hybridized carbons (Fsp3) is 0.706. The molecule has 2 aliphatic rings. The molecule has 0 spiro atoms. The maximum atomic E-state index is 4.62. The molecule has 4 heteroatoms. The molecule has 2 saturated heterocycles. The number of hydrogen-bond acceptors (Lipinski definition) is 4. The SMILES string of the molecule is CCNCc1ccc(CN2CCC(N3CCCC3)C2)nc1. The van der Waals surface area contributed by atoms with Gasteiger partial charge >= 0.3 is 0 Å². The van der Waals surface area contributed by atoms with Crippen molar-refractivity contribution in [2.75, 3.05) is 32.7 Å². The van der Waals surface area contributed by atoms with Gasteiger partial charge in [-0.05, 0) is 50.5 Å². The zero-order chi connectivity index (χ0) is 14.5. The topological polar surface area (TPSA) is 31.4 Å². The molecule has 1 N–H and O–H groups in total. The first-order chi connectivity index (χ1) is 10.3. The number of hydrogen-bond donors (Lipinski definition) is 1. The fourth-order valence-corrected chi connectivity index (χ4v) is 3.51. The summed E-state index contributed by atoms with van der Waals surface area (Å²) in [6.07, 6.45) is 6.14. The molecule has 0 saturated carbocycles. The summed E-state index contributed by atoms with van der Waals surface area (Å²) in [4.78, 5) is 9.87. The third-order valence-electron chi connectivity index (χ3n) is 4.76. The molecule has 21 heavy (non-hydrogen) atoms. The van der Waals surface area contributed by atoms with Crippen LogP contribution in [0.1, 0.15) is 37.4 Å². The summed E-state index contributed by atoms with van der Waals surface area (Å²) >= 11 is 0. The van der Waals surface area contributed by atoms with E-state index < -0.39 is 0 Å². The van der Waals surface area contributed by atoms with Crippen LogP contribution >= 0.6 is 0 Å². The van der Waals surface area contributed by atoms with Gasteiger partial charge in [0.1, 0.15) is 0 Å². The highest BCUT2D eigenvalue weighted by Gasteiger charge is 2.29. The van der Waals surface area contributed by atoms with Crippen molar-refractivity contribution in [3.8, 4) is 0 Å². The predicted molar refractivity (Wildman–Crippen MR) is 86.1 cm³/mol. The second-order valence-electron chi connectivity index (χ2n) is 6.36. The van der Waals surface area contributed by atoms with Crippen molar-refractivity contribution in [1.82, 2.24) is 20.1 Å². The molecule has 0 amide bonds. The van der Waals surface area contributed by atoms with Crippen molar-refractivity contribution < 1.29 is 0 Å². The molecule has 4 nitrogen and oxygen atoms in total. The van der Waals surface area contributed by atoms with Crippen LogP contribution < -0.4 is 5.32 Å². The molecule has 2 fully saturated rings. The van der Waals surface area contributed by atoms with Crippen LogP contribution in [0.15, 0.2) is 18.3 Å². The van der Waals surface area contributed by atoms with Gasteiger partial charge < -0.3 is 5.32 Å². The summed E-state index contributed by atoms with van der Waals surface area (Å²) in [5, 5.41) is 3.34. The van der Waals surface area contributed by atoms with Gasteiger partial charge in [-0.2, -0.15) is 0 Å². The molecule has 3 heterocycles. The summed E-state index contributed by atoms with van der Waals surface area (Å²) in [5.74, 6) is 0. The molecule has 1 unspecified atom stereocenters. The average Bonchev–Trinajstić information content (AvgIpc) is 3.17. The van der Waals surface area contributed by atoms with E-state index in [9.17, 15) is 0 Å². The lowest BCUT2D eigenvalue weighted by Gasteiger charge is -2.23. The van der Waals surface area contributed by atoms with Crippen LogP contribution in [-0.2, 0) is 13.1 Å². The second-order valence-corrected chi connectivity index (χ2v) is 6.36. The van der Waals surface area contributed by atoms with E-state index in [1.165, 1.54) is 56.7 Å². The number of nitrogens with zero attached hydrogens (tertiary/aromatic N) is 3. The minimum Gasteiger partial charge on any atom is -0.313 e. The monoisotopic (exact) mass is 288 g/mol. The molecule has 2 aliphatic heterocycles. The molecule has 1 aromatic rings. The lowest BCUT2D eigenvalue weighted by atomic mass is 10.2. The zero-order valence-electron chi connectivity index (χ0n) is 13.2. The first-order valence-corrected chi connectivity index (χ1v) is 8.46. The zero-order valence-corrected chi connectivity index (χ0v) is 13.2. The van der Waals surface area contributed by atoms with E-state index in [4.69, 9.17) is 0 Å². The number of aromatic nitrogens is 1. The lowest BCUT2D eigenvalue weighted by Crippen LogP contribution is -2.35. The molecule has 0 radical (unpaired) electrons. The summed E-state index contributed by atoms with van der Waals surface area (Å²) in [6, 6.07) is 5.19. The van der Waals surface area contributed by atoms with E-state index in [0.29, 0.717) is 0 Å². The normalized spacial score (nSPS) is 24.0. The summed E-state index contributed by atoms with van der Waals surface area (Å²) in [6.45, 7) is 10.1. The molecule has 1 aromatic heterocycles. The minimum absolute atomic E-state index is 0.792. The smallest absolute Gasteiger partial charge is 0.0544 e. The summed E-state index contributed by atoms with van der Waals surface area (Å²) < 4.78 is 0. The van der Waals surface area contributed by atoms with Crippen molar-refractivity contribution in [2.24, 2.45) is 0 Å². The number of likely N-dealkylation sites (tertiary alicyclic amines) is 2. The molecule has 0 aliphatic carbocycles. The number of pyridine rings is 1. The Morgan fingerprint density at radius 3 is 2.81 bits per heavy atom. The van der Waals surface area contributed by atoms with Crippen LogP contribution in [0.3, 0.4) is 0 Å². The van der Waals surface area contributed by atoms with Gasteiger partial charge in [0.05, 0.1) is 5.69 Å². The molecular formula is C17H28N4. The first-order valence-electron chi connectivity index (χ1n) is 8.46. The molecular weight excluding hydrogens is 260 g/mol.